The zero-order valence-corrected chi connectivity index (χ0v) is 10.6. The lowest BCUT2D eigenvalue weighted by molar-refractivity contribution is -0.144. The van der Waals surface area contributed by atoms with Gasteiger partial charge in [-0.1, -0.05) is 0 Å². The maximum atomic E-state index is 11.5. The molecule has 0 aromatic rings. The Kier molecular flexibility index (Phi) is 3.77. The zero-order valence-electron chi connectivity index (χ0n) is 9.74. The molecule has 0 aliphatic carbocycles. The minimum atomic E-state index is -0.672. The van der Waals surface area contributed by atoms with Crippen LogP contribution in [-0.4, -0.2) is 59.2 Å². The number of thioether (sulfide) groups is 1. The molecule has 2 aliphatic rings. The minimum absolute atomic E-state index is 0.347. The van der Waals surface area contributed by atoms with Crippen LogP contribution in [-0.2, 0) is 4.79 Å². The molecule has 2 heterocycles. The molecule has 0 spiro atoms. The molecule has 0 aromatic carbocycles. The summed E-state index contributed by atoms with van der Waals surface area (Å²) in [6.07, 6.45) is 2.85. The third kappa shape index (κ3) is 2.52. The molecule has 0 amide bonds. The van der Waals surface area contributed by atoms with Crippen LogP contribution < -0.4 is 5.32 Å². The summed E-state index contributed by atoms with van der Waals surface area (Å²) in [6.45, 7) is 2.04. The van der Waals surface area contributed by atoms with E-state index >= 15 is 0 Å². The van der Waals surface area contributed by atoms with E-state index in [-0.39, 0.29) is 0 Å². The quantitative estimate of drug-likeness (QED) is 0.762. The third-order valence-electron chi connectivity index (χ3n) is 3.52. The van der Waals surface area contributed by atoms with Crippen LogP contribution in [0.1, 0.15) is 19.3 Å². The number of nitrogens with one attached hydrogen (secondary N) is 1. The summed E-state index contributed by atoms with van der Waals surface area (Å²) in [5, 5.41) is 12.8. The second kappa shape index (κ2) is 4.94. The fourth-order valence-corrected chi connectivity index (χ4v) is 3.77. The van der Waals surface area contributed by atoms with Crippen LogP contribution in [0.4, 0.5) is 0 Å². The van der Waals surface area contributed by atoms with Gasteiger partial charge in [-0.25, -0.2) is 0 Å². The summed E-state index contributed by atoms with van der Waals surface area (Å²) < 4.78 is 0. The molecule has 2 N–H and O–H groups in total. The number of aliphatic carboxylic acids is 1. The summed E-state index contributed by atoms with van der Waals surface area (Å²) in [5.41, 5.74) is -0.668. The number of likely N-dealkylation sites (N-methyl/N-ethyl adjacent to an activating group) is 1. The average molecular weight is 244 g/mol. The Balaban J connectivity index is 1.99. The summed E-state index contributed by atoms with van der Waals surface area (Å²) in [5.74, 6) is 1.14. The molecule has 2 fully saturated rings. The first-order valence-corrected chi connectivity index (χ1v) is 7.05. The van der Waals surface area contributed by atoms with Gasteiger partial charge in [0, 0.05) is 18.3 Å². The zero-order chi connectivity index (χ0) is 11.6. The molecule has 0 bridgehead atoms. The van der Waals surface area contributed by atoms with E-state index in [4.69, 9.17) is 0 Å². The van der Waals surface area contributed by atoms with Crippen molar-refractivity contribution >= 4 is 17.7 Å². The highest BCUT2D eigenvalue weighted by molar-refractivity contribution is 7.99. The van der Waals surface area contributed by atoms with E-state index in [9.17, 15) is 9.90 Å². The van der Waals surface area contributed by atoms with Crippen LogP contribution in [0.2, 0.25) is 0 Å². The molecule has 92 valence electrons. The van der Waals surface area contributed by atoms with Gasteiger partial charge in [-0.2, -0.15) is 11.8 Å². The first kappa shape index (κ1) is 12.2. The summed E-state index contributed by atoms with van der Waals surface area (Å²) in [7, 11) is 2.09. The second-order valence-electron chi connectivity index (χ2n) is 4.94. The number of carboxylic acids is 1. The van der Waals surface area contributed by atoms with Crippen molar-refractivity contribution in [2.45, 2.75) is 30.8 Å². The molecular formula is C11H20N2O2S. The minimum Gasteiger partial charge on any atom is -0.480 e. The van der Waals surface area contributed by atoms with Gasteiger partial charge in [0.25, 0.3) is 0 Å². The molecule has 0 radical (unpaired) electrons. The molecule has 4 nitrogen and oxygen atoms in total. The predicted molar refractivity (Wildman–Crippen MR) is 66.0 cm³/mol. The Labute approximate surface area is 101 Å². The van der Waals surface area contributed by atoms with Crippen molar-refractivity contribution < 1.29 is 9.90 Å². The van der Waals surface area contributed by atoms with Crippen molar-refractivity contribution in [1.82, 2.24) is 10.2 Å². The monoisotopic (exact) mass is 244 g/mol. The van der Waals surface area contributed by atoms with E-state index in [1.54, 1.807) is 11.8 Å². The smallest absolute Gasteiger partial charge is 0.324 e. The van der Waals surface area contributed by atoms with E-state index in [1.165, 1.54) is 0 Å². The number of likely N-dealkylation sites (tertiary alicyclic amines) is 1. The van der Waals surface area contributed by atoms with E-state index in [0.29, 0.717) is 11.8 Å². The SMILES string of the molecule is CN1CCC(NC2(C(=O)O)CCCSC2)C1. The molecule has 2 rings (SSSR count). The Morgan fingerprint density at radius 3 is 2.94 bits per heavy atom. The van der Waals surface area contributed by atoms with Gasteiger partial charge in [0.2, 0.25) is 0 Å². The van der Waals surface area contributed by atoms with E-state index in [0.717, 1.165) is 38.1 Å². The molecule has 2 aliphatic heterocycles. The number of carbonyl (C=O) groups is 1. The van der Waals surface area contributed by atoms with Gasteiger partial charge in [0.15, 0.2) is 0 Å². The maximum absolute atomic E-state index is 11.5. The molecule has 0 saturated carbocycles. The summed E-state index contributed by atoms with van der Waals surface area (Å²) in [6, 6.07) is 0.347. The first-order chi connectivity index (χ1) is 7.62. The summed E-state index contributed by atoms with van der Waals surface area (Å²) >= 11 is 1.76. The van der Waals surface area contributed by atoms with Gasteiger partial charge in [-0.15, -0.1) is 0 Å². The standard InChI is InChI=1S/C11H20N2O2S/c1-13-5-3-9(7-13)12-11(10(14)15)4-2-6-16-8-11/h9,12H,2-8H2,1H3,(H,14,15). The largest absolute Gasteiger partial charge is 0.480 e. The third-order valence-corrected chi connectivity index (χ3v) is 4.80. The second-order valence-corrected chi connectivity index (χ2v) is 6.04. The van der Waals surface area contributed by atoms with E-state index in [1.807, 2.05) is 0 Å². The van der Waals surface area contributed by atoms with Crippen LogP contribution in [0.15, 0.2) is 0 Å². The Bertz CT molecular complexity index is 267. The number of carboxylic acid groups (broad SMARTS) is 1. The fourth-order valence-electron chi connectivity index (χ4n) is 2.58. The Hall–Kier alpha value is -0.260. The van der Waals surface area contributed by atoms with E-state index < -0.39 is 11.5 Å². The first-order valence-electron chi connectivity index (χ1n) is 5.90. The number of hydrogen-bond acceptors (Lipinski definition) is 4. The highest BCUT2D eigenvalue weighted by Crippen LogP contribution is 2.28. The number of rotatable bonds is 3. The van der Waals surface area contributed by atoms with Crippen molar-refractivity contribution in [2.75, 3.05) is 31.6 Å². The average Bonchev–Trinajstić information content (AvgIpc) is 2.65. The van der Waals surface area contributed by atoms with Crippen molar-refractivity contribution in [3.8, 4) is 0 Å². The summed E-state index contributed by atoms with van der Waals surface area (Å²) in [4.78, 5) is 13.7. The highest BCUT2D eigenvalue weighted by Gasteiger charge is 2.42. The van der Waals surface area contributed by atoms with E-state index in [2.05, 4.69) is 17.3 Å². The van der Waals surface area contributed by atoms with Crippen LogP contribution in [0.25, 0.3) is 0 Å². The molecule has 16 heavy (non-hydrogen) atoms. The van der Waals surface area contributed by atoms with Crippen molar-refractivity contribution in [1.29, 1.82) is 0 Å². The van der Waals surface area contributed by atoms with Crippen molar-refractivity contribution in [2.24, 2.45) is 0 Å². The Morgan fingerprint density at radius 2 is 2.44 bits per heavy atom. The molecule has 2 unspecified atom stereocenters. The van der Waals surface area contributed by atoms with Gasteiger partial charge in [0.05, 0.1) is 0 Å². The number of hydrogen-bond donors (Lipinski definition) is 2. The fraction of sp³-hybridized carbons (Fsp3) is 0.909. The van der Waals surface area contributed by atoms with Gasteiger partial charge < -0.3 is 10.0 Å². The maximum Gasteiger partial charge on any atom is 0.324 e. The molecule has 0 aromatic heterocycles. The van der Waals surface area contributed by atoms with Crippen LogP contribution in [0.3, 0.4) is 0 Å². The van der Waals surface area contributed by atoms with Crippen molar-refractivity contribution in [3.63, 3.8) is 0 Å². The number of nitrogens with zero attached hydrogens (tertiary/aromatic N) is 1. The van der Waals surface area contributed by atoms with Gasteiger partial charge in [-0.3, -0.25) is 10.1 Å². The lowest BCUT2D eigenvalue weighted by Crippen LogP contribution is -2.59. The lowest BCUT2D eigenvalue weighted by atomic mass is 9.94. The Morgan fingerprint density at radius 1 is 1.62 bits per heavy atom. The molecule has 5 heteroatoms. The lowest BCUT2D eigenvalue weighted by Gasteiger charge is -2.36. The van der Waals surface area contributed by atoms with Crippen molar-refractivity contribution in [3.05, 3.63) is 0 Å². The predicted octanol–water partition coefficient (Wildman–Crippen LogP) is 0.631. The van der Waals surface area contributed by atoms with Gasteiger partial charge in [0.1, 0.15) is 5.54 Å². The van der Waals surface area contributed by atoms with Crippen LogP contribution in [0.5, 0.6) is 0 Å². The molecule has 2 atom stereocenters. The molecule has 2 saturated heterocycles. The molecular weight excluding hydrogens is 224 g/mol. The van der Waals surface area contributed by atoms with Gasteiger partial charge >= 0.3 is 5.97 Å². The van der Waals surface area contributed by atoms with Gasteiger partial charge in [-0.05, 0) is 38.6 Å². The highest BCUT2D eigenvalue weighted by atomic mass is 32.2. The van der Waals surface area contributed by atoms with Crippen LogP contribution >= 0.6 is 11.8 Å². The topological polar surface area (TPSA) is 52.6 Å². The normalized spacial score (nSPS) is 36.4. The van der Waals surface area contributed by atoms with Crippen LogP contribution in [0, 0.1) is 0 Å².